The van der Waals surface area contributed by atoms with Crippen LogP contribution in [-0.4, -0.2) is 68.8 Å². The Labute approximate surface area is 251 Å². The molecule has 13 heteroatoms. The highest BCUT2D eigenvalue weighted by molar-refractivity contribution is 5.94. The molecule has 13 nitrogen and oxygen atoms in total. The van der Waals surface area contributed by atoms with Gasteiger partial charge in [0.2, 0.25) is 11.9 Å². The zero-order chi connectivity index (χ0) is 31.6. The van der Waals surface area contributed by atoms with Crippen molar-refractivity contribution in [3.63, 3.8) is 0 Å². The molecule has 0 aliphatic carbocycles. The number of rotatable bonds is 16. The number of carbonyl (C=O) groups excluding carboxylic acids is 2. The van der Waals surface area contributed by atoms with Gasteiger partial charge in [-0.3, -0.25) is 19.4 Å². The summed E-state index contributed by atoms with van der Waals surface area (Å²) in [5, 5.41) is 9.06. The van der Waals surface area contributed by atoms with Crippen LogP contribution in [0.1, 0.15) is 76.9 Å². The van der Waals surface area contributed by atoms with Crippen molar-refractivity contribution in [1.82, 2.24) is 30.6 Å². The molecular formula is C30H44N8O5. The summed E-state index contributed by atoms with van der Waals surface area (Å²) in [5.74, 6) is -0.347. The Kier molecular flexibility index (Phi) is 11.6. The number of nitrogens with one attached hydrogen (secondary N) is 4. The molecule has 3 rings (SSSR count). The van der Waals surface area contributed by atoms with Gasteiger partial charge in [0.1, 0.15) is 0 Å². The molecule has 0 saturated heterocycles. The highest BCUT2D eigenvalue weighted by atomic mass is 16.6. The first kappa shape index (κ1) is 33.4. The van der Waals surface area contributed by atoms with E-state index < -0.39 is 16.8 Å². The monoisotopic (exact) mass is 596 g/mol. The lowest BCUT2D eigenvalue weighted by molar-refractivity contribution is -0.129. The molecule has 43 heavy (non-hydrogen) atoms. The lowest BCUT2D eigenvalue weighted by Crippen LogP contribution is -2.44. The average Bonchev–Trinajstić information content (AvgIpc) is 2.96. The first-order valence-corrected chi connectivity index (χ1v) is 14.5. The van der Waals surface area contributed by atoms with Gasteiger partial charge in [0.25, 0.3) is 11.5 Å². The van der Waals surface area contributed by atoms with E-state index >= 15 is 0 Å². The molecule has 0 fully saturated rings. The van der Waals surface area contributed by atoms with E-state index in [-0.39, 0.29) is 41.4 Å². The Morgan fingerprint density at radius 2 is 1.79 bits per heavy atom. The van der Waals surface area contributed by atoms with Crippen molar-refractivity contribution in [2.75, 3.05) is 30.8 Å². The van der Waals surface area contributed by atoms with E-state index in [9.17, 15) is 14.4 Å². The Bertz CT molecular complexity index is 1440. The SMILES string of the molecule is CCCOC(C)(C)COC(C)(C)CNC(=O)CC[C@@H](C)NC(=O)c1ccc(NCc2cnc3nc(N)[nH]c(=O)c3n2)cc1. The van der Waals surface area contributed by atoms with Gasteiger partial charge in [0.05, 0.1) is 36.2 Å². The van der Waals surface area contributed by atoms with E-state index in [1.807, 2.05) is 34.6 Å². The average molecular weight is 597 g/mol. The van der Waals surface area contributed by atoms with Gasteiger partial charge >= 0.3 is 0 Å². The third-order valence-corrected chi connectivity index (χ3v) is 6.51. The predicted octanol–water partition coefficient (Wildman–Crippen LogP) is 2.92. The van der Waals surface area contributed by atoms with Gasteiger partial charge in [-0.05, 0) is 71.7 Å². The molecule has 0 aliphatic rings. The van der Waals surface area contributed by atoms with E-state index in [0.717, 1.165) is 12.1 Å². The summed E-state index contributed by atoms with van der Waals surface area (Å²) in [7, 11) is 0. The van der Waals surface area contributed by atoms with E-state index in [2.05, 4.69) is 42.8 Å². The number of aromatic nitrogens is 4. The molecule has 2 aromatic heterocycles. The maximum Gasteiger partial charge on any atom is 0.280 e. The third-order valence-electron chi connectivity index (χ3n) is 6.51. The Morgan fingerprint density at radius 3 is 2.49 bits per heavy atom. The normalized spacial score (nSPS) is 12.6. The number of nitrogens with zero attached hydrogens (tertiary/aromatic N) is 3. The zero-order valence-corrected chi connectivity index (χ0v) is 25.9. The number of anilines is 2. The summed E-state index contributed by atoms with van der Waals surface area (Å²) in [6.45, 7) is 13.5. The molecule has 234 valence electrons. The van der Waals surface area contributed by atoms with Crippen molar-refractivity contribution in [3.05, 3.63) is 52.1 Å². The second-order valence-electron chi connectivity index (χ2n) is 11.8. The van der Waals surface area contributed by atoms with Crippen molar-refractivity contribution in [2.45, 2.75) is 84.6 Å². The van der Waals surface area contributed by atoms with E-state index in [1.54, 1.807) is 24.3 Å². The molecule has 1 aromatic carbocycles. The van der Waals surface area contributed by atoms with Crippen LogP contribution >= 0.6 is 0 Å². The fourth-order valence-corrected chi connectivity index (χ4v) is 3.96. The van der Waals surface area contributed by atoms with Gasteiger partial charge in [-0.15, -0.1) is 0 Å². The molecule has 0 spiro atoms. The molecule has 6 N–H and O–H groups in total. The number of fused-ring (bicyclic) bond motifs is 1. The number of amides is 2. The molecule has 1 atom stereocenters. The Hall–Kier alpha value is -4.10. The van der Waals surface area contributed by atoms with Crippen LogP contribution in [0.15, 0.2) is 35.3 Å². The number of nitrogen functional groups attached to an aromatic ring is 1. The topological polar surface area (TPSA) is 186 Å². The van der Waals surface area contributed by atoms with Gasteiger partial charge in [-0.2, -0.15) is 4.98 Å². The molecule has 0 unspecified atom stereocenters. The number of hydrogen-bond acceptors (Lipinski definition) is 10. The maximum absolute atomic E-state index is 12.7. The lowest BCUT2D eigenvalue weighted by Gasteiger charge is -2.32. The summed E-state index contributed by atoms with van der Waals surface area (Å²) < 4.78 is 11.8. The third kappa shape index (κ3) is 10.9. The van der Waals surface area contributed by atoms with Gasteiger partial charge in [-0.1, -0.05) is 6.92 Å². The molecule has 2 heterocycles. The molecule has 3 aromatic rings. The Balaban J connectivity index is 1.39. The number of nitrogens with two attached hydrogens (primary N) is 1. The van der Waals surface area contributed by atoms with Crippen molar-refractivity contribution in [2.24, 2.45) is 0 Å². The predicted molar refractivity (Wildman–Crippen MR) is 166 cm³/mol. The highest BCUT2D eigenvalue weighted by Crippen LogP contribution is 2.16. The molecule has 0 saturated carbocycles. The van der Waals surface area contributed by atoms with E-state index in [1.165, 1.54) is 6.20 Å². The first-order valence-electron chi connectivity index (χ1n) is 14.5. The maximum atomic E-state index is 12.7. The van der Waals surface area contributed by atoms with Crippen molar-refractivity contribution in [1.29, 1.82) is 0 Å². The van der Waals surface area contributed by atoms with E-state index in [4.69, 9.17) is 15.2 Å². The summed E-state index contributed by atoms with van der Waals surface area (Å²) in [6, 6.07) is 6.76. The van der Waals surface area contributed by atoms with Crippen LogP contribution in [-0.2, 0) is 20.8 Å². The van der Waals surface area contributed by atoms with Gasteiger partial charge in [0, 0.05) is 36.9 Å². The van der Waals surface area contributed by atoms with Gasteiger partial charge in [0.15, 0.2) is 11.2 Å². The highest BCUT2D eigenvalue weighted by Gasteiger charge is 2.26. The second kappa shape index (κ2) is 14.9. The first-order chi connectivity index (χ1) is 20.3. The quantitative estimate of drug-likeness (QED) is 0.165. The summed E-state index contributed by atoms with van der Waals surface area (Å²) in [5.41, 5.74) is 6.23. The second-order valence-corrected chi connectivity index (χ2v) is 11.8. The fraction of sp³-hybridized carbons (Fsp3) is 0.533. The fourth-order valence-electron chi connectivity index (χ4n) is 3.96. The minimum Gasteiger partial charge on any atom is -0.379 e. The summed E-state index contributed by atoms with van der Waals surface area (Å²) >= 11 is 0. The lowest BCUT2D eigenvalue weighted by atomic mass is 10.1. The van der Waals surface area contributed by atoms with Crippen LogP contribution in [0.2, 0.25) is 0 Å². The molecule has 0 aliphatic heterocycles. The number of H-pyrrole nitrogens is 1. The Morgan fingerprint density at radius 1 is 1.07 bits per heavy atom. The number of benzene rings is 1. The minimum atomic E-state index is -0.544. The number of ether oxygens (including phenoxy) is 2. The molecule has 0 radical (unpaired) electrons. The molecular weight excluding hydrogens is 552 g/mol. The van der Waals surface area contributed by atoms with E-state index in [0.29, 0.717) is 44.0 Å². The van der Waals surface area contributed by atoms with Crippen LogP contribution in [0.5, 0.6) is 0 Å². The van der Waals surface area contributed by atoms with Crippen LogP contribution < -0.4 is 27.2 Å². The largest absolute Gasteiger partial charge is 0.379 e. The molecule has 2 amide bonds. The summed E-state index contributed by atoms with van der Waals surface area (Å²) in [4.78, 5) is 52.0. The standard InChI is InChI=1S/C30H44N8O5/c1-7-14-42-30(5,6)18-43-29(3,4)17-34-23(39)13-8-19(2)35-26(40)20-9-11-21(12-10-20)32-15-22-16-33-25-24(36-22)27(41)38-28(31)37-25/h9-12,16,19,32H,7-8,13-15,17-18H2,1-6H3,(H,34,39)(H,35,40)(H3,31,33,37,38,41)/t19-/m1/s1. The minimum absolute atomic E-state index is 0.0173. The summed E-state index contributed by atoms with van der Waals surface area (Å²) in [6.07, 6.45) is 3.23. The molecule has 0 bridgehead atoms. The van der Waals surface area contributed by atoms with Gasteiger partial charge < -0.3 is 31.2 Å². The number of carbonyl (C=O) groups is 2. The van der Waals surface area contributed by atoms with Crippen LogP contribution in [0.25, 0.3) is 11.2 Å². The van der Waals surface area contributed by atoms with Crippen molar-refractivity contribution < 1.29 is 19.1 Å². The van der Waals surface area contributed by atoms with Crippen LogP contribution in [0, 0.1) is 0 Å². The number of aromatic amines is 1. The van der Waals surface area contributed by atoms with Gasteiger partial charge in [-0.25, -0.2) is 9.97 Å². The number of hydrogen-bond donors (Lipinski definition) is 5. The van der Waals surface area contributed by atoms with Crippen molar-refractivity contribution in [3.8, 4) is 0 Å². The smallest absolute Gasteiger partial charge is 0.280 e. The van der Waals surface area contributed by atoms with Crippen LogP contribution in [0.3, 0.4) is 0 Å². The van der Waals surface area contributed by atoms with Crippen LogP contribution in [0.4, 0.5) is 11.6 Å². The zero-order valence-electron chi connectivity index (χ0n) is 25.9. The van der Waals surface area contributed by atoms with Crippen molar-refractivity contribution >= 4 is 34.6 Å².